The monoisotopic (exact) mass is 385 g/mol. The van der Waals surface area contributed by atoms with E-state index in [0.29, 0.717) is 25.4 Å². The normalized spacial score (nSPS) is 11.8. The number of aliphatic imine (C=N–C) groups is 2. The quantitative estimate of drug-likeness (QED) is 0.146. The van der Waals surface area contributed by atoms with Crippen molar-refractivity contribution in [3.63, 3.8) is 0 Å². The third-order valence-electron chi connectivity index (χ3n) is 1.83. The molecule has 26 heavy (non-hydrogen) atoms. The minimum absolute atomic E-state index is 0.373. The van der Waals surface area contributed by atoms with E-state index in [2.05, 4.69) is 15.7 Å². The van der Waals surface area contributed by atoms with E-state index in [1.54, 1.807) is 20.9 Å². The lowest BCUT2D eigenvalue weighted by Crippen LogP contribution is -2.23. The minimum atomic E-state index is -1.58. The average Bonchev–Trinajstić information content (AvgIpc) is 2.64. The molecule has 0 aliphatic carbocycles. The summed E-state index contributed by atoms with van der Waals surface area (Å²) in [4.78, 5) is 25.4. The summed E-state index contributed by atoms with van der Waals surface area (Å²) in [7, 11) is 4.52. The average molecular weight is 385 g/mol. The van der Waals surface area contributed by atoms with Gasteiger partial charge in [0.25, 0.3) is 0 Å². The molecule has 0 radical (unpaired) electrons. The third-order valence-corrected chi connectivity index (χ3v) is 1.83. The second kappa shape index (κ2) is 34.7. The Balaban J connectivity index is -0.0000000734. The molecule has 0 saturated heterocycles. The smallest absolute Gasteiger partial charge is 0.188 e. The van der Waals surface area contributed by atoms with Crippen LogP contribution in [0.1, 0.15) is 26.7 Å². The molecule has 158 valence electrons. The molecular weight excluding hydrogens is 350 g/mol. The Labute approximate surface area is 154 Å². The summed E-state index contributed by atoms with van der Waals surface area (Å²) in [5.74, 6) is 0. The summed E-state index contributed by atoms with van der Waals surface area (Å²) < 4.78 is 0. The highest BCUT2D eigenvalue weighted by molar-refractivity contribution is 6.12. The highest BCUT2D eigenvalue weighted by atomic mass is 16.5. The van der Waals surface area contributed by atoms with Gasteiger partial charge in [0.05, 0.1) is 12.4 Å². The van der Waals surface area contributed by atoms with Crippen molar-refractivity contribution in [3.05, 3.63) is 0 Å². The predicted molar refractivity (Wildman–Crippen MR) is 100 cm³/mol. The first-order valence-corrected chi connectivity index (χ1v) is 7.57. The maximum Gasteiger partial charge on any atom is 0.188 e. The van der Waals surface area contributed by atoms with E-state index in [9.17, 15) is 9.59 Å². The minimum Gasteiger partial charge on any atom is -0.388 e. The van der Waals surface area contributed by atoms with E-state index in [1.165, 1.54) is 20.3 Å². The first kappa shape index (κ1) is 35.5. The van der Waals surface area contributed by atoms with Crippen molar-refractivity contribution in [2.75, 3.05) is 21.1 Å². The number of hydrogen-bond donors (Lipinski definition) is 7. The maximum absolute atomic E-state index is 9.49. The molecule has 0 aliphatic heterocycles. The van der Waals surface area contributed by atoms with Gasteiger partial charge in [0.15, 0.2) is 18.9 Å². The molecule has 0 fully saturated rings. The Morgan fingerprint density at radius 3 is 1.35 bits per heavy atom. The summed E-state index contributed by atoms with van der Waals surface area (Å²) in [6.45, 7) is 3.42. The zero-order valence-electron chi connectivity index (χ0n) is 16.0. The number of nitrogens with zero attached hydrogens (tertiary/aromatic N) is 2. The van der Waals surface area contributed by atoms with E-state index >= 15 is 0 Å². The number of rotatable bonds is 6. The number of carbonyl (C=O) groups is 2. The lowest BCUT2D eigenvalue weighted by atomic mass is 10.3. The van der Waals surface area contributed by atoms with Gasteiger partial charge in [0.1, 0.15) is 18.5 Å². The molecule has 0 heterocycles. The molecule has 0 aliphatic rings. The second-order valence-electron chi connectivity index (χ2n) is 3.87. The van der Waals surface area contributed by atoms with Crippen LogP contribution in [0.2, 0.25) is 0 Å². The Bertz CT molecular complexity index is 313. The fourth-order valence-electron chi connectivity index (χ4n) is 0.501. The van der Waals surface area contributed by atoms with E-state index in [-0.39, 0.29) is 0 Å². The van der Waals surface area contributed by atoms with Crippen LogP contribution in [0.5, 0.6) is 0 Å². The second-order valence-corrected chi connectivity index (χ2v) is 3.87. The number of hydrogen-bond acceptors (Lipinski definition) is 11. The summed E-state index contributed by atoms with van der Waals surface area (Å²) in [5.41, 5.74) is 4.50. The number of aliphatic hydroxyl groups excluding tert-OH is 4. The van der Waals surface area contributed by atoms with Crippen LogP contribution in [0.25, 0.3) is 0 Å². The topological polar surface area (TPSA) is 206 Å². The fraction of sp³-hybridized carbons (Fsp3) is 0.733. The van der Waals surface area contributed by atoms with Gasteiger partial charge in [-0.25, -0.2) is 0 Å². The van der Waals surface area contributed by atoms with E-state index in [0.717, 1.165) is 6.21 Å². The number of aliphatic hydroxyl groups is 6. The Hall–Kier alpha value is -1.60. The van der Waals surface area contributed by atoms with Gasteiger partial charge in [0.2, 0.25) is 0 Å². The van der Waals surface area contributed by atoms with Crippen molar-refractivity contribution < 1.29 is 40.2 Å². The van der Waals surface area contributed by atoms with Gasteiger partial charge in [-0.15, -0.1) is 0 Å². The van der Waals surface area contributed by atoms with Crippen LogP contribution in [0.3, 0.4) is 0 Å². The van der Waals surface area contributed by atoms with Gasteiger partial charge in [-0.2, -0.15) is 0 Å². The Morgan fingerprint density at radius 1 is 0.885 bits per heavy atom. The number of nitrogens with two attached hydrogens (primary N) is 1. The van der Waals surface area contributed by atoms with Crippen molar-refractivity contribution in [1.82, 2.24) is 0 Å². The van der Waals surface area contributed by atoms with Crippen LogP contribution in [0.4, 0.5) is 0 Å². The molecule has 2 atom stereocenters. The van der Waals surface area contributed by atoms with Crippen LogP contribution in [-0.4, -0.2) is 102 Å². The summed E-state index contributed by atoms with van der Waals surface area (Å²) in [6, 6.07) is 0. The van der Waals surface area contributed by atoms with Crippen LogP contribution in [0.15, 0.2) is 9.98 Å². The first-order chi connectivity index (χ1) is 12.2. The van der Waals surface area contributed by atoms with E-state index < -0.39 is 24.8 Å². The molecule has 0 spiro atoms. The zero-order valence-corrected chi connectivity index (χ0v) is 16.0. The van der Waals surface area contributed by atoms with Crippen molar-refractivity contribution in [2.45, 2.75) is 51.5 Å². The van der Waals surface area contributed by atoms with Crippen LogP contribution >= 0.6 is 0 Å². The third kappa shape index (κ3) is 57.1. The molecule has 11 heteroatoms. The fourth-order valence-corrected chi connectivity index (χ4v) is 0.501. The van der Waals surface area contributed by atoms with Crippen LogP contribution < -0.4 is 5.73 Å². The maximum atomic E-state index is 9.49. The first-order valence-electron chi connectivity index (χ1n) is 7.57. The zero-order chi connectivity index (χ0) is 22.0. The van der Waals surface area contributed by atoms with Gasteiger partial charge in [-0.3, -0.25) is 14.8 Å². The molecule has 0 aromatic heterocycles. The van der Waals surface area contributed by atoms with E-state index in [1.807, 2.05) is 0 Å². The van der Waals surface area contributed by atoms with E-state index in [4.69, 9.17) is 30.6 Å². The van der Waals surface area contributed by atoms with Gasteiger partial charge in [-0.1, -0.05) is 13.8 Å². The highest BCUT2D eigenvalue weighted by Crippen LogP contribution is 1.91. The molecule has 0 bridgehead atoms. The predicted octanol–water partition coefficient (Wildman–Crippen LogP) is -2.52. The van der Waals surface area contributed by atoms with Gasteiger partial charge < -0.3 is 41.2 Å². The van der Waals surface area contributed by atoms with Crippen molar-refractivity contribution in [2.24, 2.45) is 15.7 Å². The van der Waals surface area contributed by atoms with Gasteiger partial charge in [0, 0.05) is 14.1 Å². The highest BCUT2D eigenvalue weighted by Gasteiger charge is 2.07. The van der Waals surface area contributed by atoms with Gasteiger partial charge >= 0.3 is 0 Å². The van der Waals surface area contributed by atoms with Crippen LogP contribution in [-0.2, 0) is 9.59 Å². The Kier molecular flexibility index (Phi) is 47.4. The molecule has 0 saturated carbocycles. The summed E-state index contributed by atoms with van der Waals surface area (Å²) in [6.07, 6.45) is -0.425. The van der Waals surface area contributed by atoms with Gasteiger partial charge in [-0.05, 0) is 19.9 Å². The lowest BCUT2D eigenvalue weighted by molar-refractivity contribution is -0.122. The molecule has 8 N–H and O–H groups in total. The SMILES string of the molecule is CCC(O)C(O)O.CCC(O)C=O.CN.CN=CC(O)O.CN=CC=O. The van der Waals surface area contributed by atoms with Crippen LogP contribution in [0, 0.1) is 0 Å². The molecule has 0 amide bonds. The molecule has 2 unspecified atom stereocenters. The number of carbonyl (C=O) groups excluding carboxylic acids is 2. The molecular formula is C15H35N3O8. The van der Waals surface area contributed by atoms with Crippen molar-refractivity contribution in [3.8, 4) is 0 Å². The summed E-state index contributed by atoms with van der Waals surface area (Å²) in [5, 5.41) is 48.9. The molecule has 0 aromatic rings. The van der Waals surface area contributed by atoms with Crippen molar-refractivity contribution in [1.29, 1.82) is 0 Å². The standard InChI is InChI=1S/C4H10O3.C4H8O2.C3H7NO2.C3H5NO.CH5N/c1-2-3(5)4(6)7;1-2-4(6)3-5;1-4-2-3(5)6;1-4-2-3-5;1-2/h3-7H,2H2,1H3;3-4,6H,2H2,1H3;2-3,5-6H,1H3;2-3H,1H3;2H2,1H3. The van der Waals surface area contributed by atoms with Crippen molar-refractivity contribution >= 4 is 25.0 Å². The molecule has 0 aromatic carbocycles. The molecule has 0 rings (SSSR count). The molecule has 11 nitrogen and oxygen atoms in total. The lowest BCUT2D eigenvalue weighted by Gasteiger charge is -2.07. The summed E-state index contributed by atoms with van der Waals surface area (Å²) >= 11 is 0. The largest absolute Gasteiger partial charge is 0.388 e. The Morgan fingerprint density at radius 2 is 1.35 bits per heavy atom. The number of aldehydes is 2.